The van der Waals surface area contributed by atoms with E-state index in [1.54, 1.807) is 11.3 Å². The summed E-state index contributed by atoms with van der Waals surface area (Å²) in [6.07, 6.45) is 2.53. The molecule has 3 heterocycles. The molecule has 0 spiro atoms. The fourth-order valence-electron chi connectivity index (χ4n) is 4.26. The van der Waals surface area contributed by atoms with Crippen LogP contribution in [-0.2, 0) is 0 Å². The van der Waals surface area contributed by atoms with Gasteiger partial charge < -0.3 is 0 Å². The fraction of sp³-hybridized carbons (Fsp3) is 0.455. The Bertz CT molecular complexity index is 910. The quantitative estimate of drug-likeness (QED) is 0.609. The van der Waals surface area contributed by atoms with Crippen molar-refractivity contribution < 1.29 is 0 Å². The number of likely N-dealkylation sites (tertiary alicyclic amines) is 1. The van der Waals surface area contributed by atoms with Crippen molar-refractivity contribution in [2.45, 2.75) is 52.5 Å². The van der Waals surface area contributed by atoms with Gasteiger partial charge in [0.15, 0.2) is 0 Å². The van der Waals surface area contributed by atoms with Gasteiger partial charge in [-0.05, 0) is 88.4 Å². The van der Waals surface area contributed by atoms with E-state index in [4.69, 9.17) is 0 Å². The van der Waals surface area contributed by atoms with E-state index in [0.29, 0.717) is 12.0 Å². The van der Waals surface area contributed by atoms with Gasteiger partial charge in [0.25, 0.3) is 0 Å². The summed E-state index contributed by atoms with van der Waals surface area (Å²) < 4.78 is 1.29. The standard InChI is InChI=1S/C22H27N3S/c1-14-10-20(11-15(2)23-14)19-6-5-9-25(13-19)16(3)18-7-8-22-21(12-18)24-17(4)26-22/h7-8,10-12,16,19H,5-6,9,13H2,1-4H3/t16-,19+/m0/s1. The van der Waals surface area contributed by atoms with E-state index in [0.717, 1.165) is 28.5 Å². The van der Waals surface area contributed by atoms with Crippen LogP contribution in [-0.4, -0.2) is 28.0 Å². The van der Waals surface area contributed by atoms with Crippen LogP contribution in [0.3, 0.4) is 0 Å². The summed E-state index contributed by atoms with van der Waals surface area (Å²) in [7, 11) is 0. The number of hydrogen-bond donors (Lipinski definition) is 0. The van der Waals surface area contributed by atoms with Crippen molar-refractivity contribution in [1.82, 2.24) is 14.9 Å². The largest absolute Gasteiger partial charge is 0.296 e. The van der Waals surface area contributed by atoms with Gasteiger partial charge in [-0.15, -0.1) is 11.3 Å². The maximum absolute atomic E-state index is 4.68. The molecule has 0 bridgehead atoms. The average Bonchev–Trinajstić information content (AvgIpc) is 2.99. The topological polar surface area (TPSA) is 29.0 Å². The molecule has 0 aliphatic carbocycles. The summed E-state index contributed by atoms with van der Waals surface area (Å²) >= 11 is 1.78. The molecule has 1 aliphatic heterocycles. The van der Waals surface area contributed by atoms with Crippen LogP contribution in [0.1, 0.15) is 59.2 Å². The summed E-state index contributed by atoms with van der Waals surface area (Å²) in [5.41, 5.74) is 6.25. The van der Waals surface area contributed by atoms with E-state index >= 15 is 0 Å². The molecule has 0 N–H and O–H groups in total. The van der Waals surface area contributed by atoms with Crippen molar-refractivity contribution in [3.05, 3.63) is 57.9 Å². The molecule has 4 rings (SSSR count). The van der Waals surface area contributed by atoms with Crippen LogP contribution >= 0.6 is 11.3 Å². The third-order valence-corrected chi connectivity index (χ3v) is 6.53. The molecule has 0 radical (unpaired) electrons. The molecule has 0 saturated carbocycles. The molecular weight excluding hydrogens is 338 g/mol. The predicted octanol–water partition coefficient (Wildman–Crippen LogP) is 5.56. The molecule has 4 heteroatoms. The minimum absolute atomic E-state index is 0.424. The van der Waals surface area contributed by atoms with Gasteiger partial charge >= 0.3 is 0 Å². The van der Waals surface area contributed by atoms with Crippen molar-refractivity contribution in [3.63, 3.8) is 0 Å². The van der Waals surface area contributed by atoms with Gasteiger partial charge in [0.2, 0.25) is 0 Å². The lowest BCUT2D eigenvalue weighted by Gasteiger charge is -2.37. The van der Waals surface area contributed by atoms with Gasteiger partial charge in [-0.2, -0.15) is 0 Å². The lowest BCUT2D eigenvalue weighted by atomic mass is 9.89. The summed E-state index contributed by atoms with van der Waals surface area (Å²) in [6, 6.07) is 11.8. The molecule has 1 aliphatic rings. The smallest absolute Gasteiger partial charge is 0.0907 e. The molecule has 1 aromatic carbocycles. The Hall–Kier alpha value is -1.78. The molecule has 136 valence electrons. The van der Waals surface area contributed by atoms with Crippen LogP contribution in [0, 0.1) is 20.8 Å². The Morgan fingerprint density at radius 2 is 1.85 bits per heavy atom. The average molecular weight is 366 g/mol. The van der Waals surface area contributed by atoms with Crippen molar-refractivity contribution in [1.29, 1.82) is 0 Å². The minimum Gasteiger partial charge on any atom is -0.296 e. The van der Waals surface area contributed by atoms with E-state index in [9.17, 15) is 0 Å². The monoisotopic (exact) mass is 365 g/mol. The number of thiazole rings is 1. The van der Waals surface area contributed by atoms with Crippen LogP contribution in [0.25, 0.3) is 10.2 Å². The number of fused-ring (bicyclic) bond motifs is 1. The molecule has 2 atom stereocenters. The predicted molar refractivity (Wildman–Crippen MR) is 110 cm³/mol. The first-order valence-corrected chi connectivity index (χ1v) is 10.4. The number of benzene rings is 1. The van der Waals surface area contributed by atoms with Gasteiger partial charge in [-0.1, -0.05) is 6.07 Å². The summed E-state index contributed by atoms with van der Waals surface area (Å²) in [5, 5.41) is 1.14. The molecule has 0 unspecified atom stereocenters. The Balaban J connectivity index is 1.56. The highest BCUT2D eigenvalue weighted by Crippen LogP contribution is 2.33. The molecule has 1 fully saturated rings. The number of hydrogen-bond acceptors (Lipinski definition) is 4. The maximum Gasteiger partial charge on any atom is 0.0907 e. The van der Waals surface area contributed by atoms with E-state index in [2.05, 4.69) is 72.9 Å². The first kappa shape index (κ1) is 17.6. The zero-order chi connectivity index (χ0) is 18.3. The first-order chi connectivity index (χ1) is 12.5. The number of rotatable bonds is 3. The van der Waals surface area contributed by atoms with E-state index in [1.807, 2.05) is 0 Å². The lowest BCUT2D eigenvalue weighted by Crippen LogP contribution is -2.36. The van der Waals surface area contributed by atoms with Crippen molar-refractivity contribution in [2.75, 3.05) is 13.1 Å². The summed E-state index contributed by atoms with van der Waals surface area (Å²) in [4.78, 5) is 11.9. The highest BCUT2D eigenvalue weighted by Gasteiger charge is 2.26. The van der Waals surface area contributed by atoms with Gasteiger partial charge in [0.1, 0.15) is 0 Å². The maximum atomic E-state index is 4.68. The molecule has 1 saturated heterocycles. The summed E-state index contributed by atoms with van der Waals surface area (Å²) in [6.45, 7) is 10.9. The number of piperidine rings is 1. The second-order valence-electron chi connectivity index (χ2n) is 7.65. The van der Waals surface area contributed by atoms with Gasteiger partial charge in [-0.3, -0.25) is 9.88 Å². The van der Waals surface area contributed by atoms with E-state index < -0.39 is 0 Å². The zero-order valence-electron chi connectivity index (χ0n) is 16.1. The zero-order valence-corrected chi connectivity index (χ0v) is 16.9. The van der Waals surface area contributed by atoms with Crippen LogP contribution in [0.15, 0.2) is 30.3 Å². The van der Waals surface area contributed by atoms with Crippen LogP contribution in [0.4, 0.5) is 0 Å². The Labute approximate surface area is 160 Å². The molecule has 3 nitrogen and oxygen atoms in total. The van der Waals surface area contributed by atoms with Crippen molar-refractivity contribution >= 4 is 21.6 Å². The molecule has 3 aromatic rings. The van der Waals surface area contributed by atoms with E-state index in [-0.39, 0.29) is 0 Å². The number of pyridine rings is 1. The van der Waals surface area contributed by atoms with E-state index in [1.165, 1.54) is 35.2 Å². The number of aryl methyl sites for hydroxylation is 3. The summed E-state index contributed by atoms with van der Waals surface area (Å²) in [5.74, 6) is 0.608. The fourth-order valence-corrected chi connectivity index (χ4v) is 5.07. The molecule has 0 amide bonds. The van der Waals surface area contributed by atoms with Gasteiger partial charge in [0, 0.05) is 24.0 Å². The highest BCUT2D eigenvalue weighted by molar-refractivity contribution is 7.18. The lowest BCUT2D eigenvalue weighted by molar-refractivity contribution is 0.158. The molecular formula is C22H27N3S. The Kier molecular flexibility index (Phi) is 4.80. The minimum atomic E-state index is 0.424. The number of aromatic nitrogens is 2. The first-order valence-electron chi connectivity index (χ1n) is 9.56. The second-order valence-corrected chi connectivity index (χ2v) is 8.89. The molecule has 26 heavy (non-hydrogen) atoms. The van der Waals surface area contributed by atoms with Gasteiger partial charge in [-0.25, -0.2) is 4.98 Å². The highest BCUT2D eigenvalue weighted by atomic mass is 32.1. The van der Waals surface area contributed by atoms with Crippen LogP contribution < -0.4 is 0 Å². The SMILES string of the molecule is Cc1cc([C@@H]2CCCN([C@@H](C)c3ccc4sc(C)nc4c3)C2)cc(C)n1. The van der Waals surface area contributed by atoms with Crippen molar-refractivity contribution in [2.24, 2.45) is 0 Å². The number of nitrogens with zero attached hydrogens (tertiary/aromatic N) is 3. The molecule has 2 aromatic heterocycles. The van der Waals surface area contributed by atoms with Gasteiger partial charge in [0.05, 0.1) is 15.2 Å². The normalized spacial score (nSPS) is 19.8. The van der Waals surface area contributed by atoms with Crippen LogP contribution in [0.5, 0.6) is 0 Å². The second kappa shape index (κ2) is 7.09. The third kappa shape index (κ3) is 3.53. The Morgan fingerprint density at radius 1 is 1.08 bits per heavy atom. The Morgan fingerprint density at radius 3 is 2.62 bits per heavy atom. The third-order valence-electron chi connectivity index (χ3n) is 5.58. The van der Waals surface area contributed by atoms with Crippen LogP contribution in [0.2, 0.25) is 0 Å². The van der Waals surface area contributed by atoms with Crippen molar-refractivity contribution in [3.8, 4) is 0 Å².